The Morgan fingerprint density at radius 3 is 2.42 bits per heavy atom. The van der Waals surface area contributed by atoms with Crippen molar-refractivity contribution in [2.24, 2.45) is 0 Å². The highest BCUT2D eigenvalue weighted by Crippen LogP contribution is 2.31. The number of imidazole rings is 1. The van der Waals surface area contributed by atoms with E-state index in [1.807, 2.05) is 0 Å². The predicted octanol–water partition coefficient (Wildman–Crippen LogP) is 4.96. The first kappa shape index (κ1) is 18.8. The van der Waals surface area contributed by atoms with Crippen LogP contribution in [0, 0.1) is 0 Å². The lowest BCUT2D eigenvalue weighted by Crippen LogP contribution is -2.27. The van der Waals surface area contributed by atoms with Crippen LogP contribution < -0.4 is 5.32 Å². The predicted molar refractivity (Wildman–Crippen MR) is 112 cm³/mol. The van der Waals surface area contributed by atoms with Crippen LogP contribution in [0.15, 0.2) is 58.6 Å². The van der Waals surface area contributed by atoms with Gasteiger partial charge in [0, 0.05) is 30.2 Å². The molecule has 0 fully saturated rings. The van der Waals surface area contributed by atoms with Gasteiger partial charge in [0.25, 0.3) is 0 Å². The minimum absolute atomic E-state index is 0.938. The fourth-order valence-corrected chi connectivity index (χ4v) is 4.01. The van der Waals surface area contributed by atoms with Gasteiger partial charge in [0.2, 0.25) is 0 Å². The van der Waals surface area contributed by atoms with E-state index >= 15 is 0 Å². The first-order valence-electron chi connectivity index (χ1n) is 9.44. The van der Waals surface area contributed by atoms with Crippen molar-refractivity contribution < 1.29 is 0 Å². The number of hydrogen-bond acceptors (Lipinski definition) is 4. The first-order chi connectivity index (χ1) is 12.7. The largest absolute Gasteiger partial charge is 0.385 e. The number of hydrogen-bond donors (Lipinski definition) is 1. The van der Waals surface area contributed by atoms with Crippen molar-refractivity contribution in [2.45, 2.75) is 37.4 Å². The van der Waals surface area contributed by atoms with Gasteiger partial charge in [-0.3, -0.25) is 0 Å². The maximum atomic E-state index is 4.89. The molecule has 0 saturated heterocycles. The molecule has 1 heterocycles. The summed E-state index contributed by atoms with van der Waals surface area (Å²) in [6.07, 6.45) is 0. The molecule has 1 N–H and O–H groups in total. The average Bonchev–Trinajstić information content (AvgIpc) is 3.02. The number of nitrogens with zero attached hydrogens (tertiary/aromatic N) is 3. The molecule has 0 bridgehead atoms. The molecule has 4 nitrogen and oxygen atoms in total. The smallest absolute Gasteiger partial charge is 0.173 e. The summed E-state index contributed by atoms with van der Waals surface area (Å²) in [7, 11) is 0. The highest BCUT2D eigenvalue weighted by molar-refractivity contribution is 7.99. The van der Waals surface area contributed by atoms with E-state index in [1.165, 1.54) is 10.4 Å². The maximum Gasteiger partial charge on any atom is 0.173 e. The van der Waals surface area contributed by atoms with E-state index in [0.717, 1.165) is 49.1 Å². The molecule has 1 aromatic heterocycles. The number of nitrogens with one attached hydrogen (secondary N) is 1. The molecule has 0 radical (unpaired) electrons. The van der Waals surface area contributed by atoms with Crippen molar-refractivity contribution in [1.29, 1.82) is 0 Å². The number of rotatable bonds is 9. The van der Waals surface area contributed by atoms with Crippen LogP contribution in [-0.4, -0.2) is 40.6 Å². The topological polar surface area (TPSA) is 33.1 Å². The summed E-state index contributed by atoms with van der Waals surface area (Å²) in [5.74, 6) is 0. The summed E-state index contributed by atoms with van der Waals surface area (Å²) >= 11 is 1.74. The SMILES string of the molecule is CCNc1ccc(Sc2nc3ccccc3n2CCN(CC)CC)cc1. The molecule has 26 heavy (non-hydrogen) atoms. The quantitative estimate of drug-likeness (QED) is 0.579. The Kier molecular flexibility index (Phi) is 6.58. The van der Waals surface area contributed by atoms with Crippen LogP contribution in [0.3, 0.4) is 0 Å². The van der Waals surface area contributed by atoms with Crippen LogP contribution in [-0.2, 0) is 6.54 Å². The molecule has 0 atom stereocenters. The van der Waals surface area contributed by atoms with Gasteiger partial charge in [0.1, 0.15) is 0 Å². The van der Waals surface area contributed by atoms with Crippen molar-refractivity contribution in [3.05, 3.63) is 48.5 Å². The molecule has 5 heteroatoms. The number of likely N-dealkylation sites (N-methyl/N-ethyl adjacent to an activating group) is 1. The third kappa shape index (κ3) is 4.40. The van der Waals surface area contributed by atoms with E-state index in [0.29, 0.717) is 0 Å². The molecule has 0 spiro atoms. The number of benzene rings is 2. The minimum Gasteiger partial charge on any atom is -0.385 e. The Morgan fingerprint density at radius 2 is 1.73 bits per heavy atom. The standard InChI is InChI=1S/C21H28N4S/c1-4-22-17-11-13-18(14-12-17)26-21-23-19-9-7-8-10-20(19)25(21)16-15-24(5-2)6-3/h7-14,22H,4-6,15-16H2,1-3H3. The second-order valence-corrected chi connectivity index (χ2v) is 7.26. The first-order valence-corrected chi connectivity index (χ1v) is 10.3. The zero-order valence-corrected chi connectivity index (χ0v) is 16.7. The normalized spacial score (nSPS) is 11.4. The Hall–Kier alpha value is -1.98. The summed E-state index contributed by atoms with van der Waals surface area (Å²) < 4.78 is 2.36. The van der Waals surface area contributed by atoms with Crippen LogP contribution in [0.5, 0.6) is 0 Å². The molecular weight excluding hydrogens is 340 g/mol. The molecule has 0 unspecified atom stereocenters. The lowest BCUT2D eigenvalue weighted by atomic mass is 10.3. The summed E-state index contributed by atoms with van der Waals surface area (Å²) in [5.41, 5.74) is 3.44. The Morgan fingerprint density at radius 1 is 1.00 bits per heavy atom. The molecule has 0 saturated carbocycles. The van der Waals surface area contributed by atoms with Crippen LogP contribution in [0.25, 0.3) is 11.0 Å². The van der Waals surface area contributed by atoms with Gasteiger partial charge in [-0.05, 0) is 56.4 Å². The van der Waals surface area contributed by atoms with Crippen molar-refractivity contribution in [2.75, 3.05) is 31.5 Å². The number of fused-ring (bicyclic) bond motifs is 1. The van der Waals surface area contributed by atoms with Gasteiger partial charge >= 0.3 is 0 Å². The minimum atomic E-state index is 0.938. The summed E-state index contributed by atoms with van der Waals surface area (Å²) in [6.45, 7) is 11.7. The van der Waals surface area contributed by atoms with Gasteiger partial charge in [-0.15, -0.1) is 0 Å². The van der Waals surface area contributed by atoms with Crippen LogP contribution in [0.1, 0.15) is 20.8 Å². The van der Waals surface area contributed by atoms with Crippen molar-refractivity contribution in [3.63, 3.8) is 0 Å². The zero-order valence-electron chi connectivity index (χ0n) is 15.9. The van der Waals surface area contributed by atoms with E-state index in [-0.39, 0.29) is 0 Å². The van der Waals surface area contributed by atoms with Gasteiger partial charge < -0.3 is 14.8 Å². The van der Waals surface area contributed by atoms with Crippen LogP contribution >= 0.6 is 11.8 Å². The van der Waals surface area contributed by atoms with Crippen LogP contribution in [0.4, 0.5) is 5.69 Å². The van der Waals surface area contributed by atoms with E-state index < -0.39 is 0 Å². The molecule has 0 aliphatic heterocycles. The average molecular weight is 369 g/mol. The van der Waals surface area contributed by atoms with E-state index in [2.05, 4.69) is 84.1 Å². The van der Waals surface area contributed by atoms with Crippen molar-refractivity contribution >= 4 is 28.5 Å². The summed E-state index contributed by atoms with van der Waals surface area (Å²) in [4.78, 5) is 8.55. The third-order valence-electron chi connectivity index (χ3n) is 4.60. The number of para-hydroxylation sites is 2. The third-order valence-corrected chi connectivity index (χ3v) is 5.60. The lowest BCUT2D eigenvalue weighted by molar-refractivity contribution is 0.288. The van der Waals surface area contributed by atoms with E-state index in [4.69, 9.17) is 4.98 Å². The van der Waals surface area contributed by atoms with Gasteiger partial charge in [-0.25, -0.2) is 4.98 Å². The second-order valence-electron chi connectivity index (χ2n) is 6.22. The molecule has 0 aliphatic rings. The lowest BCUT2D eigenvalue weighted by Gasteiger charge is -2.19. The Bertz CT molecular complexity index is 822. The highest BCUT2D eigenvalue weighted by Gasteiger charge is 2.12. The molecule has 3 aromatic rings. The fraction of sp³-hybridized carbons (Fsp3) is 0.381. The molecule has 0 aliphatic carbocycles. The molecular formula is C21H28N4S. The maximum absolute atomic E-state index is 4.89. The Labute approximate surface area is 160 Å². The molecule has 2 aromatic carbocycles. The molecule has 3 rings (SSSR count). The second kappa shape index (κ2) is 9.10. The molecule has 138 valence electrons. The van der Waals surface area contributed by atoms with E-state index in [9.17, 15) is 0 Å². The van der Waals surface area contributed by atoms with E-state index in [1.54, 1.807) is 11.8 Å². The van der Waals surface area contributed by atoms with Gasteiger partial charge in [-0.2, -0.15) is 0 Å². The zero-order chi connectivity index (χ0) is 18.4. The number of aromatic nitrogens is 2. The fourth-order valence-electron chi connectivity index (χ4n) is 3.08. The monoisotopic (exact) mass is 368 g/mol. The Balaban J connectivity index is 1.85. The number of anilines is 1. The van der Waals surface area contributed by atoms with Gasteiger partial charge in [0.15, 0.2) is 5.16 Å². The van der Waals surface area contributed by atoms with Gasteiger partial charge in [-0.1, -0.05) is 37.7 Å². The molecule has 0 amide bonds. The van der Waals surface area contributed by atoms with Gasteiger partial charge in [0.05, 0.1) is 11.0 Å². The summed E-state index contributed by atoms with van der Waals surface area (Å²) in [6, 6.07) is 17.0. The van der Waals surface area contributed by atoms with Crippen molar-refractivity contribution in [3.8, 4) is 0 Å². The summed E-state index contributed by atoms with van der Waals surface area (Å²) in [5, 5.41) is 4.41. The highest BCUT2D eigenvalue weighted by atomic mass is 32.2. The van der Waals surface area contributed by atoms with Crippen LogP contribution in [0.2, 0.25) is 0 Å². The van der Waals surface area contributed by atoms with Crippen molar-refractivity contribution in [1.82, 2.24) is 14.5 Å².